The van der Waals surface area contributed by atoms with Crippen LogP contribution in [-0.4, -0.2) is 51.9 Å². The minimum Gasteiger partial charge on any atom is -0.480 e. The molecule has 0 radical (unpaired) electrons. The number of hydrogen-bond donors (Lipinski definition) is 3. The van der Waals surface area contributed by atoms with E-state index in [1.165, 1.54) is 0 Å². The smallest absolute Gasteiger partial charge is 0.326 e. The Kier molecular flexibility index (Phi) is 6.12. The number of carboxylic acid groups (broad SMARTS) is 1. The summed E-state index contributed by atoms with van der Waals surface area (Å²) in [5.74, 6) is -1.65. The number of urea groups is 1. The van der Waals surface area contributed by atoms with Crippen molar-refractivity contribution in [3.8, 4) is 0 Å². The van der Waals surface area contributed by atoms with Crippen LogP contribution in [0.4, 0.5) is 4.79 Å². The predicted octanol–water partition coefficient (Wildman–Crippen LogP) is 0.713. The van der Waals surface area contributed by atoms with Crippen LogP contribution >= 0.6 is 0 Å². The van der Waals surface area contributed by atoms with Crippen molar-refractivity contribution >= 4 is 23.8 Å². The standard InChI is InChI=1S/C15H25N3O5/c1-9(2)8-10(12(20)21)16-11(19)6-5-7-18-13(22)15(3,4)17-14(18)23/h9-10H,5-8H2,1-4H3,(H,16,19)(H,17,23)(H,20,21)/t10-/m1/s1. The van der Waals surface area contributed by atoms with E-state index in [1.807, 2.05) is 13.8 Å². The number of carboxylic acids is 1. The number of aliphatic carboxylic acids is 1. The Hall–Kier alpha value is -2.12. The van der Waals surface area contributed by atoms with Gasteiger partial charge in [0.15, 0.2) is 0 Å². The molecule has 1 aliphatic heterocycles. The average molecular weight is 327 g/mol. The number of amides is 4. The second-order valence-electron chi connectivity index (χ2n) is 6.70. The van der Waals surface area contributed by atoms with Gasteiger partial charge in [0.05, 0.1) is 0 Å². The molecule has 130 valence electrons. The quantitative estimate of drug-likeness (QED) is 0.568. The van der Waals surface area contributed by atoms with Crippen molar-refractivity contribution in [1.29, 1.82) is 0 Å². The summed E-state index contributed by atoms with van der Waals surface area (Å²) in [7, 11) is 0. The van der Waals surface area contributed by atoms with Gasteiger partial charge in [-0.25, -0.2) is 9.59 Å². The van der Waals surface area contributed by atoms with Crippen LogP contribution in [-0.2, 0) is 14.4 Å². The maximum atomic E-state index is 12.0. The van der Waals surface area contributed by atoms with Crippen LogP contribution in [0.2, 0.25) is 0 Å². The Bertz CT molecular complexity index is 501. The first-order valence-electron chi connectivity index (χ1n) is 7.71. The number of hydrogen-bond acceptors (Lipinski definition) is 4. The maximum Gasteiger partial charge on any atom is 0.326 e. The van der Waals surface area contributed by atoms with Gasteiger partial charge in [-0.3, -0.25) is 14.5 Å². The first-order valence-corrected chi connectivity index (χ1v) is 7.71. The third-order valence-electron chi connectivity index (χ3n) is 3.57. The summed E-state index contributed by atoms with van der Waals surface area (Å²) >= 11 is 0. The van der Waals surface area contributed by atoms with Crippen LogP contribution in [0.25, 0.3) is 0 Å². The highest BCUT2D eigenvalue weighted by Crippen LogP contribution is 2.17. The summed E-state index contributed by atoms with van der Waals surface area (Å²) in [6, 6.07) is -1.39. The average Bonchev–Trinajstić information content (AvgIpc) is 2.59. The van der Waals surface area contributed by atoms with E-state index in [9.17, 15) is 19.2 Å². The van der Waals surface area contributed by atoms with Gasteiger partial charge >= 0.3 is 12.0 Å². The number of carbonyl (C=O) groups excluding carboxylic acids is 3. The van der Waals surface area contributed by atoms with Crippen molar-refractivity contribution in [2.75, 3.05) is 6.54 Å². The number of nitrogens with zero attached hydrogens (tertiary/aromatic N) is 1. The summed E-state index contributed by atoms with van der Waals surface area (Å²) in [5.41, 5.74) is -0.926. The highest BCUT2D eigenvalue weighted by molar-refractivity contribution is 6.06. The lowest BCUT2D eigenvalue weighted by Crippen LogP contribution is -2.42. The number of rotatable bonds is 8. The largest absolute Gasteiger partial charge is 0.480 e. The molecule has 0 saturated carbocycles. The number of imide groups is 1. The molecule has 1 fully saturated rings. The maximum absolute atomic E-state index is 12.0. The van der Waals surface area contributed by atoms with E-state index in [4.69, 9.17) is 5.11 Å². The van der Waals surface area contributed by atoms with Crippen molar-refractivity contribution in [3.63, 3.8) is 0 Å². The van der Waals surface area contributed by atoms with Crippen LogP contribution in [0.3, 0.4) is 0 Å². The van der Waals surface area contributed by atoms with E-state index < -0.39 is 29.5 Å². The van der Waals surface area contributed by atoms with E-state index in [-0.39, 0.29) is 31.2 Å². The fourth-order valence-electron chi connectivity index (χ4n) is 2.38. The number of carbonyl (C=O) groups is 4. The van der Waals surface area contributed by atoms with Crippen LogP contribution in [0.1, 0.15) is 47.0 Å². The van der Waals surface area contributed by atoms with E-state index in [0.29, 0.717) is 6.42 Å². The predicted molar refractivity (Wildman–Crippen MR) is 82.6 cm³/mol. The molecule has 3 N–H and O–H groups in total. The SMILES string of the molecule is CC(C)C[C@@H](NC(=O)CCCN1C(=O)NC(C)(C)C1=O)C(=O)O. The zero-order valence-electron chi connectivity index (χ0n) is 14.0. The van der Waals surface area contributed by atoms with Gasteiger partial charge in [0.25, 0.3) is 5.91 Å². The van der Waals surface area contributed by atoms with Crippen molar-refractivity contribution in [1.82, 2.24) is 15.5 Å². The molecule has 0 unspecified atom stereocenters. The van der Waals surface area contributed by atoms with Gasteiger partial charge in [-0.2, -0.15) is 0 Å². The third kappa shape index (κ3) is 5.22. The van der Waals surface area contributed by atoms with Gasteiger partial charge in [-0.1, -0.05) is 13.8 Å². The van der Waals surface area contributed by atoms with Gasteiger partial charge in [0.2, 0.25) is 5.91 Å². The fraction of sp³-hybridized carbons (Fsp3) is 0.733. The lowest BCUT2D eigenvalue weighted by molar-refractivity contribution is -0.142. The van der Waals surface area contributed by atoms with Gasteiger partial charge in [-0.05, 0) is 32.6 Å². The molecule has 1 atom stereocenters. The van der Waals surface area contributed by atoms with E-state index in [0.717, 1.165) is 4.90 Å². The molecular weight excluding hydrogens is 302 g/mol. The molecule has 0 aliphatic carbocycles. The molecule has 1 heterocycles. The van der Waals surface area contributed by atoms with Gasteiger partial charge in [0, 0.05) is 13.0 Å². The molecule has 4 amide bonds. The summed E-state index contributed by atoms with van der Waals surface area (Å²) in [6.45, 7) is 7.11. The summed E-state index contributed by atoms with van der Waals surface area (Å²) < 4.78 is 0. The lowest BCUT2D eigenvalue weighted by Gasteiger charge is -2.17. The van der Waals surface area contributed by atoms with Crippen LogP contribution < -0.4 is 10.6 Å². The lowest BCUT2D eigenvalue weighted by atomic mass is 10.0. The van der Waals surface area contributed by atoms with Crippen LogP contribution in [0.15, 0.2) is 0 Å². The van der Waals surface area contributed by atoms with E-state index in [2.05, 4.69) is 10.6 Å². The molecule has 0 aromatic rings. The van der Waals surface area contributed by atoms with Crippen molar-refractivity contribution in [2.24, 2.45) is 5.92 Å². The normalized spacial score (nSPS) is 18.0. The molecule has 0 aromatic heterocycles. The Morgan fingerprint density at radius 3 is 2.35 bits per heavy atom. The Morgan fingerprint density at radius 2 is 1.91 bits per heavy atom. The zero-order valence-corrected chi connectivity index (χ0v) is 14.0. The number of nitrogens with one attached hydrogen (secondary N) is 2. The summed E-state index contributed by atoms with van der Waals surface area (Å²) in [5, 5.41) is 14.1. The Labute approximate surface area is 135 Å². The molecule has 0 bridgehead atoms. The fourth-order valence-corrected chi connectivity index (χ4v) is 2.38. The van der Waals surface area contributed by atoms with Crippen LogP contribution in [0, 0.1) is 5.92 Å². The molecule has 8 heteroatoms. The molecule has 1 aliphatic rings. The highest BCUT2D eigenvalue weighted by atomic mass is 16.4. The van der Waals surface area contributed by atoms with Crippen molar-refractivity contribution < 1.29 is 24.3 Å². The first kappa shape index (κ1) is 18.9. The topological polar surface area (TPSA) is 116 Å². The van der Waals surface area contributed by atoms with Crippen LogP contribution in [0.5, 0.6) is 0 Å². The van der Waals surface area contributed by atoms with Crippen molar-refractivity contribution in [3.05, 3.63) is 0 Å². The third-order valence-corrected chi connectivity index (χ3v) is 3.57. The Balaban J connectivity index is 2.43. The molecule has 1 saturated heterocycles. The highest BCUT2D eigenvalue weighted by Gasteiger charge is 2.43. The van der Waals surface area contributed by atoms with Gasteiger partial charge in [0.1, 0.15) is 11.6 Å². The van der Waals surface area contributed by atoms with Gasteiger partial charge < -0.3 is 15.7 Å². The molecular formula is C15H25N3O5. The van der Waals surface area contributed by atoms with Crippen molar-refractivity contribution in [2.45, 2.75) is 58.5 Å². The second kappa shape index (κ2) is 7.43. The molecule has 0 spiro atoms. The minimum absolute atomic E-state index is 0.0549. The molecule has 1 rings (SSSR count). The van der Waals surface area contributed by atoms with Gasteiger partial charge in [-0.15, -0.1) is 0 Å². The molecule has 8 nitrogen and oxygen atoms in total. The summed E-state index contributed by atoms with van der Waals surface area (Å²) in [6.07, 6.45) is 0.691. The molecule has 23 heavy (non-hydrogen) atoms. The minimum atomic E-state index is -1.07. The monoisotopic (exact) mass is 327 g/mol. The Morgan fingerprint density at radius 1 is 1.30 bits per heavy atom. The van der Waals surface area contributed by atoms with E-state index in [1.54, 1.807) is 13.8 Å². The molecule has 0 aromatic carbocycles. The zero-order chi connectivity index (χ0) is 17.8. The summed E-state index contributed by atoms with van der Waals surface area (Å²) in [4.78, 5) is 47.6. The van der Waals surface area contributed by atoms with E-state index >= 15 is 0 Å². The first-order chi connectivity index (χ1) is 10.5. The second-order valence-corrected chi connectivity index (χ2v) is 6.70.